The van der Waals surface area contributed by atoms with Crippen molar-refractivity contribution in [3.8, 4) is 0 Å². The van der Waals surface area contributed by atoms with Gasteiger partial charge in [0, 0.05) is 23.3 Å². The molecule has 1 aliphatic carbocycles. The van der Waals surface area contributed by atoms with Crippen LogP contribution in [0.15, 0.2) is 17.5 Å². The summed E-state index contributed by atoms with van der Waals surface area (Å²) in [7, 11) is 0. The molecule has 5 nitrogen and oxygen atoms in total. The normalized spacial score (nSPS) is 20.3. The van der Waals surface area contributed by atoms with Gasteiger partial charge < -0.3 is 21.0 Å². The van der Waals surface area contributed by atoms with Gasteiger partial charge in [-0.05, 0) is 43.6 Å². The molecule has 1 aliphatic rings. The predicted molar refractivity (Wildman–Crippen MR) is 85.3 cm³/mol. The van der Waals surface area contributed by atoms with E-state index >= 15 is 0 Å². The molecule has 0 unspecified atom stereocenters. The lowest BCUT2D eigenvalue weighted by Gasteiger charge is -2.25. The number of hydrogen-bond acceptors (Lipinski definition) is 4. The summed E-state index contributed by atoms with van der Waals surface area (Å²) in [6.07, 6.45) is 0.201. The number of alkyl halides is 3. The highest BCUT2D eigenvalue weighted by Gasteiger charge is 2.29. The van der Waals surface area contributed by atoms with Gasteiger partial charge in [-0.15, -0.1) is 11.3 Å². The van der Waals surface area contributed by atoms with Gasteiger partial charge in [-0.2, -0.15) is 13.2 Å². The Morgan fingerprint density at radius 3 is 2.32 bits per heavy atom. The molecule has 2 rings (SSSR count). The van der Waals surface area contributed by atoms with E-state index in [0.29, 0.717) is 0 Å². The van der Waals surface area contributed by atoms with Crippen molar-refractivity contribution in [1.82, 2.24) is 5.32 Å². The summed E-state index contributed by atoms with van der Waals surface area (Å²) in [4.78, 5) is 22.1. The van der Waals surface area contributed by atoms with Crippen molar-refractivity contribution >= 4 is 23.2 Å². The number of nitrogens with one attached hydrogen (secondary N) is 1. The zero-order valence-corrected chi connectivity index (χ0v) is 14.6. The van der Waals surface area contributed by atoms with Crippen LogP contribution in [0.4, 0.5) is 13.2 Å². The van der Waals surface area contributed by atoms with Gasteiger partial charge in [-0.3, -0.25) is 4.79 Å². The molecule has 1 aromatic rings. The Morgan fingerprint density at radius 2 is 1.88 bits per heavy atom. The van der Waals surface area contributed by atoms with E-state index in [0.717, 1.165) is 38.3 Å². The minimum absolute atomic E-state index is 0.246. The number of carbonyl (C=O) groups is 2. The third kappa shape index (κ3) is 8.35. The predicted octanol–water partition coefficient (Wildman–Crippen LogP) is 0.754. The number of carboxylic acids is 1. The summed E-state index contributed by atoms with van der Waals surface area (Å²) in [5.41, 5.74) is 3.96. The fraction of sp³-hybridized carbons (Fsp3) is 0.625. The molecule has 142 valence electrons. The Morgan fingerprint density at radius 1 is 1.28 bits per heavy atom. The second-order valence-corrected chi connectivity index (χ2v) is 6.94. The zero-order valence-electron chi connectivity index (χ0n) is 13.8. The van der Waals surface area contributed by atoms with Crippen LogP contribution in [-0.4, -0.2) is 31.1 Å². The van der Waals surface area contributed by atoms with Crippen LogP contribution in [0, 0.1) is 11.8 Å². The van der Waals surface area contributed by atoms with Crippen molar-refractivity contribution in [2.45, 2.75) is 38.3 Å². The van der Waals surface area contributed by atoms with E-state index in [4.69, 9.17) is 9.90 Å². The largest absolute Gasteiger partial charge is 0.542 e. The average molecular weight is 380 g/mol. The highest BCUT2D eigenvalue weighted by Crippen LogP contribution is 2.27. The van der Waals surface area contributed by atoms with Gasteiger partial charge in [-0.1, -0.05) is 6.07 Å². The fourth-order valence-electron chi connectivity index (χ4n) is 2.62. The van der Waals surface area contributed by atoms with E-state index < -0.39 is 12.1 Å². The van der Waals surface area contributed by atoms with Gasteiger partial charge in [0.05, 0.1) is 6.54 Å². The Hall–Kier alpha value is -1.61. The third-order valence-electron chi connectivity index (χ3n) is 4.11. The molecule has 0 bridgehead atoms. The second kappa shape index (κ2) is 10.4. The third-order valence-corrected chi connectivity index (χ3v) is 5.04. The topological polar surface area (TPSA) is 96.9 Å². The molecule has 1 heterocycles. The number of carboxylic acid groups (broad SMARTS) is 1. The van der Waals surface area contributed by atoms with E-state index in [-0.39, 0.29) is 11.8 Å². The van der Waals surface area contributed by atoms with Crippen LogP contribution in [0.3, 0.4) is 0 Å². The van der Waals surface area contributed by atoms with Crippen LogP contribution in [0.25, 0.3) is 0 Å². The van der Waals surface area contributed by atoms with E-state index in [1.807, 2.05) is 0 Å². The molecule has 9 heteroatoms. The van der Waals surface area contributed by atoms with Gasteiger partial charge in [0.1, 0.15) is 5.97 Å². The first-order chi connectivity index (χ1) is 11.7. The van der Waals surface area contributed by atoms with E-state index in [1.54, 1.807) is 11.3 Å². The molecule has 4 N–H and O–H groups in total. The molecule has 0 aliphatic heterocycles. The number of quaternary nitrogens is 1. The molecular formula is C16H23F3N2O3S. The summed E-state index contributed by atoms with van der Waals surface area (Å²) < 4.78 is 31.5. The van der Waals surface area contributed by atoms with Gasteiger partial charge in [0.25, 0.3) is 0 Å². The van der Waals surface area contributed by atoms with E-state index in [1.165, 1.54) is 17.7 Å². The first-order valence-electron chi connectivity index (χ1n) is 8.11. The van der Waals surface area contributed by atoms with E-state index in [9.17, 15) is 18.0 Å². The average Bonchev–Trinajstić information content (AvgIpc) is 3.08. The zero-order chi connectivity index (χ0) is 18.9. The highest BCUT2D eigenvalue weighted by molar-refractivity contribution is 7.09. The second-order valence-electron chi connectivity index (χ2n) is 5.91. The van der Waals surface area contributed by atoms with Crippen molar-refractivity contribution < 1.29 is 33.6 Å². The standard InChI is InChI=1S/C14H22N2OS.C2HF3O2/c15-10-11-3-5-12(6-4-11)14(17)16-8-7-13-2-1-9-18-13;3-2(4,5)1(6)7/h1-2,9,11-12H,3-8,10,15H2,(H,16,17);(H,6,7). The molecule has 0 radical (unpaired) electrons. The first kappa shape index (κ1) is 21.4. The van der Waals surface area contributed by atoms with E-state index in [2.05, 4.69) is 28.6 Å². The van der Waals surface area contributed by atoms with Crippen LogP contribution in [0.2, 0.25) is 0 Å². The lowest BCUT2D eigenvalue weighted by Crippen LogP contribution is -2.54. The summed E-state index contributed by atoms with van der Waals surface area (Å²) >= 11 is 1.76. The summed E-state index contributed by atoms with van der Waals surface area (Å²) in [5, 5.41) is 13.9. The molecule has 1 fully saturated rings. The summed E-state index contributed by atoms with van der Waals surface area (Å²) in [6, 6.07) is 4.18. The minimum atomic E-state index is -5.19. The molecule has 0 saturated heterocycles. The summed E-state index contributed by atoms with van der Waals surface area (Å²) in [5.74, 6) is -1.75. The lowest BCUT2D eigenvalue weighted by atomic mass is 9.81. The maximum atomic E-state index is 12.0. The van der Waals surface area contributed by atoms with Gasteiger partial charge in [0.15, 0.2) is 0 Å². The van der Waals surface area contributed by atoms with Crippen molar-refractivity contribution in [1.29, 1.82) is 0 Å². The SMILES string of the molecule is O=C([O-])C(F)(F)F.[NH3+]CC1CCC(C(=O)NCCc2cccs2)CC1. The van der Waals surface area contributed by atoms with Crippen molar-refractivity contribution in [2.24, 2.45) is 11.8 Å². The Kier molecular flexibility index (Phi) is 8.91. The van der Waals surface area contributed by atoms with Crippen molar-refractivity contribution in [2.75, 3.05) is 13.1 Å². The molecule has 0 spiro atoms. The Balaban J connectivity index is 0.000000381. The quantitative estimate of drug-likeness (QED) is 0.789. The highest BCUT2D eigenvalue weighted by atomic mass is 32.1. The smallest absolute Gasteiger partial charge is 0.430 e. The molecule has 0 atom stereocenters. The van der Waals surface area contributed by atoms with Crippen LogP contribution >= 0.6 is 11.3 Å². The molecule has 0 aromatic carbocycles. The Bertz CT molecular complexity index is 527. The number of rotatable bonds is 5. The maximum absolute atomic E-state index is 12.0. The fourth-order valence-corrected chi connectivity index (χ4v) is 3.33. The molecular weight excluding hydrogens is 357 g/mol. The Labute approximate surface area is 148 Å². The molecule has 1 aromatic heterocycles. The molecule has 1 saturated carbocycles. The monoisotopic (exact) mass is 380 g/mol. The summed E-state index contributed by atoms with van der Waals surface area (Å²) in [6.45, 7) is 1.79. The first-order valence-corrected chi connectivity index (χ1v) is 8.99. The number of amides is 1. The van der Waals surface area contributed by atoms with Crippen LogP contribution in [0.5, 0.6) is 0 Å². The number of hydrogen-bond donors (Lipinski definition) is 2. The van der Waals surface area contributed by atoms with Crippen LogP contribution in [-0.2, 0) is 16.0 Å². The lowest BCUT2D eigenvalue weighted by molar-refractivity contribution is -0.380. The molecule has 1 amide bonds. The van der Waals surface area contributed by atoms with Crippen LogP contribution in [0.1, 0.15) is 30.6 Å². The van der Waals surface area contributed by atoms with Crippen LogP contribution < -0.4 is 16.2 Å². The number of aliphatic carboxylic acids is 1. The van der Waals surface area contributed by atoms with Crippen molar-refractivity contribution in [3.05, 3.63) is 22.4 Å². The maximum Gasteiger partial charge on any atom is 0.430 e. The molecule has 25 heavy (non-hydrogen) atoms. The number of halogens is 3. The van der Waals surface area contributed by atoms with Gasteiger partial charge in [0.2, 0.25) is 5.91 Å². The van der Waals surface area contributed by atoms with Crippen molar-refractivity contribution in [3.63, 3.8) is 0 Å². The number of carbonyl (C=O) groups excluding carboxylic acids is 2. The van der Waals surface area contributed by atoms with Gasteiger partial charge >= 0.3 is 6.18 Å². The van der Waals surface area contributed by atoms with Gasteiger partial charge in [-0.25, -0.2) is 0 Å². The number of thiophene rings is 1. The minimum Gasteiger partial charge on any atom is -0.542 e.